The van der Waals surface area contributed by atoms with E-state index in [1.54, 1.807) is 24.5 Å². The van der Waals surface area contributed by atoms with E-state index in [1.807, 2.05) is 12.3 Å². The molecule has 1 heterocycles. The Hall–Kier alpha value is -1.47. The lowest BCUT2D eigenvalue weighted by molar-refractivity contribution is -0.121. The summed E-state index contributed by atoms with van der Waals surface area (Å²) in [6.45, 7) is 3.73. The quantitative estimate of drug-likeness (QED) is 0.746. The summed E-state index contributed by atoms with van der Waals surface area (Å²) < 4.78 is 0. The molecule has 0 aliphatic rings. The Kier molecular flexibility index (Phi) is 5.73. The zero-order valence-electron chi connectivity index (χ0n) is 10.7. The Labute approximate surface area is 110 Å². The van der Waals surface area contributed by atoms with Gasteiger partial charge in [-0.3, -0.25) is 15.4 Å². The molecule has 2 atom stereocenters. The molecule has 0 radical (unpaired) electrons. The Balaban J connectivity index is 2.54. The Morgan fingerprint density at radius 2 is 2.22 bits per heavy atom. The predicted molar refractivity (Wildman–Crippen MR) is 70.3 cm³/mol. The fourth-order valence-electron chi connectivity index (χ4n) is 1.43. The van der Waals surface area contributed by atoms with Gasteiger partial charge >= 0.3 is 6.03 Å². The summed E-state index contributed by atoms with van der Waals surface area (Å²) in [6.07, 6.45) is 2.56. The minimum atomic E-state index is -0.504. The third-order valence-corrected chi connectivity index (χ3v) is 3.36. The highest BCUT2D eigenvalue weighted by Gasteiger charge is 2.20. The summed E-state index contributed by atoms with van der Waals surface area (Å²) >= 11 is 1.54. The first kappa shape index (κ1) is 14.6. The van der Waals surface area contributed by atoms with Crippen LogP contribution in [0.2, 0.25) is 0 Å². The summed E-state index contributed by atoms with van der Waals surface area (Å²) in [5.74, 6) is -0.357. The number of hydrogen-bond donors (Lipinski definition) is 3. The number of amides is 3. The van der Waals surface area contributed by atoms with Gasteiger partial charge in [-0.15, -0.1) is 11.3 Å². The molecule has 1 aromatic heterocycles. The third kappa shape index (κ3) is 4.08. The van der Waals surface area contributed by atoms with Crippen LogP contribution in [0.25, 0.3) is 0 Å². The van der Waals surface area contributed by atoms with Gasteiger partial charge in [-0.05, 0) is 13.3 Å². The second kappa shape index (κ2) is 7.07. The van der Waals surface area contributed by atoms with Gasteiger partial charge in [-0.2, -0.15) is 0 Å². The second-order valence-electron chi connectivity index (χ2n) is 3.79. The molecule has 0 aliphatic heterocycles. The minimum Gasteiger partial charge on any atom is -0.341 e. The van der Waals surface area contributed by atoms with Crippen LogP contribution in [0.5, 0.6) is 0 Å². The number of imide groups is 1. The van der Waals surface area contributed by atoms with Crippen LogP contribution in [-0.4, -0.2) is 30.0 Å². The maximum Gasteiger partial charge on any atom is 0.321 e. The van der Waals surface area contributed by atoms with Crippen LogP contribution in [0.15, 0.2) is 11.6 Å². The number of nitrogens with one attached hydrogen (secondary N) is 3. The largest absolute Gasteiger partial charge is 0.341 e. The zero-order valence-corrected chi connectivity index (χ0v) is 11.5. The minimum absolute atomic E-state index is 0.0236. The Bertz CT molecular complexity index is 394. The molecular weight excluding hydrogens is 252 g/mol. The molecule has 2 unspecified atom stereocenters. The first-order valence-electron chi connectivity index (χ1n) is 5.76. The number of carbonyl (C=O) groups is 2. The lowest BCUT2D eigenvalue weighted by Crippen LogP contribution is -2.48. The van der Waals surface area contributed by atoms with E-state index in [0.717, 1.165) is 11.4 Å². The number of rotatable bonds is 5. The molecular formula is C11H18N4O2S. The zero-order chi connectivity index (χ0) is 13.5. The van der Waals surface area contributed by atoms with Crippen molar-refractivity contribution in [2.24, 2.45) is 0 Å². The fourth-order valence-corrected chi connectivity index (χ4v) is 2.21. The first-order chi connectivity index (χ1) is 8.58. The van der Waals surface area contributed by atoms with Gasteiger partial charge in [0.05, 0.1) is 12.1 Å². The molecule has 0 aromatic carbocycles. The van der Waals surface area contributed by atoms with Crippen molar-refractivity contribution in [3.63, 3.8) is 0 Å². The standard InChI is InChI=1S/C11H18N4O2S/c1-4-8(10-13-5-6-18-10)14-7(2)9(16)15-11(17)12-3/h5-8,14H,4H2,1-3H3,(H2,12,15,16,17). The molecule has 0 bridgehead atoms. The van der Waals surface area contributed by atoms with Crippen molar-refractivity contribution in [2.45, 2.75) is 32.4 Å². The van der Waals surface area contributed by atoms with Crippen molar-refractivity contribution < 1.29 is 9.59 Å². The van der Waals surface area contributed by atoms with Gasteiger partial charge < -0.3 is 5.32 Å². The Morgan fingerprint density at radius 1 is 1.50 bits per heavy atom. The lowest BCUT2D eigenvalue weighted by atomic mass is 10.2. The van der Waals surface area contributed by atoms with Crippen molar-refractivity contribution in [1.82, 2.24) is 20.9 Å². The SMILES string of the molecule is CCC(NC(C)C(=O)NC(=O)NC)c1nccs1. The summed E-state index contributed by atoms with van der Waals surface area (Å²) in [5.41, 5.74) is 0. The molecule has 3 N–H and O–H groups in total. The van der Waals surface area contributed by atoms with Gasteiger partial charge in [-0.1, -0.05) is 6.92 Å². The molecule has 7 heteroatoms. The third-order valence-electron chi connectivity index (χ3n) is 2.47. The van der Waals surface area contributed by atoms with Gasteiger partial charge in [0.15, 0.2) is 0 Å². The van der Waals surface area contributed by atoms with Crippen molar-refractivity contribution in [3.8, 4) is 0 Å². The average molecular weight is 270 g/mol. The van der Waals surface area contributed by atoms with E-state index in [-0.39, 0.29) is 11.9 Å². The fraction of sp³-hybridized carbons (Fsp3) is 0.545. The topological polar surface area (TPSA) is 83.1 Å². The van der Waals surface area contributed by atoms with Crippen molar-refractivity contribution in [1.29, 1.82) is 0 Å². The first-order valence-corrected chi connectivity index (χ1v) is 6.64. The van der Waals surface area contributed by atoms with Crippen LogP contribution in [0.4, 0.5) is 4.79 Å². The van der Waals surface area contributed by atoms with E-state index in [9.17, 15) is 9.59 Å². The van der Waals surface area contributed by atoms with Gasteiger partial charge in [-0.25, -0.2) is 9.78 Å². The highest BCUT2D eigenvalue weighted by atomic mass is 32.1. The average Bonchev–Trinajstić information content (AvgIpc) is 2.88. The van der Waals surface area contributed by atoms with Crippen molar-refractivity contribution in [3.05, 3.63) is 16.6 Å². The van der Waals surface area contributed by atoms with Crippen LogP contribution < -0.4 is 16.0 Å². The van der Waals surface area contributed by atoms with Gasteiger partial charge in [0, 0.05) is 18.6 Å². The molecule has 100 valence electrons. The van der Waals surface area contributed by atoms with Gasteiger partial charge in [0.1, 0.15) is 5.01 Å². The van der Waals surface area contributed by atoms with Crippen LogP contribution in [0, 0.1) is 0 Å². The predicted octanol–water partition coefficient (Wildman–Crippen LogP) is 1.03. The summed E-state index contributed by atoms with van der Waals surface area (Å²) in [7, 11) is 1.46. The maximum absolute atomic E-state index is 11.7. The number of aromatic nitrogens is 1. The number of nitrogens with zero attached hydrogens (tertiary/aromatic N) is 1. The molecule has 0 saturated carbocycles. The van der Waals surface area contributed by atoms with E-state index in [4.69, 9.17) is 0 Å². The molecule has 1 aromatic rings. The second-order valence-corrected chi connectivity index (χ2v) is 4.71. The molecule has 6 nitrogen and oxygen atoms in total. The number of thiazole rings is 1. The summed E-state index contributed by atoms with van der Waals surface area (Å²) in [5, 5.41) is 10.6. The summed E-state index contributed by atoms with van der Waals surface area (Å²) in [6, 6.07) is -0.942. The Morgan fingerprint density at radius 3 is 2.72 bits per heavy atom. The van der Waals surface area contributed by atoms with Crippen LogP contribution >= 0.6 is 11.3 Å². The van der Waals surface area contributed by atoms with Crippen molar-refractivity contribution >= 4 is 23.3 Å². The smallest absolute Gasteiger partial charge is 0.321 e. The van der Waals surface area contributed by atoms with E-state index in [0.29, 0.717) is 0 Å². The number of hydrogen-bond acceptors (Lipinski definition) is 5. The monoisotopic (exact) mass is 270 g/mol. The van der Waals surface area contributed by atoms with Crippen LogP contribution in [-0.2, 0) is 4.79 Å². The molecule has 0 saturated heterocycles. The lowest BCUT2D eigenvalue weighted by Gasteiger charge is -2.19. The summed E-state index contributed by atoms with van der Waals surface area (Å²) in [4.78, 5) is 26.9. The molecule has 1 rings (SSSR count). The van der Waals surface area contributed by atoms with Crippen LogP contribution in [0.3, 0.4) is 0 Å². The number of urea groups is 1. The van der Waals surface area contributed by atoms with Gasteiger partial charge in [0.25, 0.3) is 0 Å². The highest BCUT2D eigenvalue weighted by molar-refractivity contribution is 7.09. The highest BCUT2D eigenvalue weighted by Crippen LogP contribution is 2.19. The maximum atomic E-state index is 11.7. The van der Waals surface area contributed by atoms with E-state index in [2.05, 4.69) is 20.9 Å². The molecule has 0 spiro atoms. The van der Waals surface area contributed by atoms with Crippen molar-refractivity contribution in [2.75, 3.05) is 7.05 Å². The number of carbonyl (C=O) groups excluding carboxylic acids is 2. The molecule has 0 aliphatic carbocycles. The molecule has 18 heavy (non-hydrogen) atoms. The molecule has 3 amide bonds. The van der Waals surface area contributed by atoms with E-state index in [1.165, 1.54) is 7.05 Å². The van der Waals surface area contributed by atoms with E-state index < -0.39 is 12.1 Å². The van der Waals surface area contributed by atoms with Crippen LogP contribution in [0.1, 0.15) is 31.3 Å². The van der Waals surface area contributed by atoms with Gasteiger partial charge in [0.2, 0.25) is 5.91 Å². The molecule has 0 fully saturated rings. The normalized spacial score (nSPS) is 13.7. The van der Waals surface area contributed by atoms with E-state index >= 15 is 0 Å².